The van der Waals surface area contributed by atoms with Crippen LogP contribution in [0, 0.1) is 12.3 Å². The molecule has 0 aliphatic carbocycles. The summed E-state index contributed by atoms with van der Waals surface area (Å²) in [6, 6.07) is 3.47. The smallest absolute Gasteiger partial charge is 0.274 e. The van der Waals surface area contributed by atoms with Gasteiger partial charge >= 0.3 is 0 Å². The van der Waals surface area contributed by atoms with E-state index in [0.717, 1.165) is 0 Å². The van der Waals surface area contributed by atoms with Crippen LogP contribution in [0.3, 0.4) is 0 Å². The van der Waals surface area contributed by atoms with Crippen molar-refractivity contribution in [3.8, 4) is 18.2 Å². The quantitative estimate of drug-likeness (QED) is 0.758. The topological polar surface area (TPSA) is 105 Å². The van der Waals surface area contributed by atoms with E-state index in [1.54, 1.807) is 12.1 Å². The van der Waals surface area contributed by atoms with Crippen LogP contribution in [0.25, 0.3) is 11.0 Å². The molecule has 0 fully saturated rings. The largest absolute Gasteiger partial charge is 0.481 e. The van der Waals surface area contributed by atoms with Crippen molar-refractivity contribution in [2.45, 2.75) is 24.9 Å². The van der Waals surface area contributed by atoms with Crippen molar-refractivity contribution >= 4 is 16.9 Å². The van der Waals surface area contributed by atoms with E-state index in [-0.39, 0.29) is 11.6 Å². The van der Waals surface area contributed by atoms with Crippen LogP contribution in [0.1, 0.15) is 29.8 Å². The Morgan fingerprint density at radius 3 is 2.96 bits per heavy atom. The molecule has 0 aromatic carbocycles. The molecule has 2 aromatic rings. The van der Waals surface area contributed by atoms with Gasteiger partial charge in [0.1, 0.15) is 5.52 Å². The van der Waals surface area contributed by atoms with E-state index in [4.69, 9.17) is 11.2 Å². The summed E-state index contributed by atoms with van der Waals surface area (Å²) in [5.74, 6) is 2.70. The molecule has 0 unspecified atom stereocenters. The molecule has 2 aromatic heterocycles. The summed E-state index contributed by atoms with van der Waals surface area (Å²) < 4.78 is 5.07. The van der Waals surface area contributed by atoms with E-state index in [9.17, 15) is 4.79 Å². The minimum Gasteiger partial charge on any atom is -0.481 e. The standard InChI is InChI=1S/C15H16N6O2/c1-3-4-7-15(20-21-15)8-9-16-14(22)13-12-10(18-19-13)5-6-11(17-12)23-2/h1,5-6H,4,7-9H2,2H3,(H,16,22)(H,18,19). The average Bonchev–Trinajstić information content (AvgIpc) is 3.21. The number of fused-ring (bicyclic) bond motifs is 1. The van der Waals surface area contributed by atoms with Gasteiger partial charge in [-0.2, -0.15) is 15.3 Å². The highest BCUT2D eigenvalue weighted by molar-refractivity contribution is 6.03. The Hall–Kier alpha value is -2.95. The first kappa shape index (κ1) is 15.0. The van der Waals surface area contributed by atoms with Crippen LogP contribution in [0.4, 0.5) is 0 Å². The molecule has 1 aliphatic rings. The van der Waals surface area contributed by atoms with Crippen LogP contribution < -0.4 is 10.1 Å². The number of hydrogen-bond acceptors (Lipinski definition) is 6. The highest BCUT2D eigenvalue weighted by Crippen LogP contribution is 2.36. The molecule has 0 atom stereocenters. The van der Waals surface area contributed by atoms with Crippen molar-refractivity contribution < 1.29 is 9.53 Å². The number of carbonyl (C=O) groups is 1. The zero-order valence-corrected chi connectivity index (χ0v) is 12.7. The number of nitrogens with one attached hydrogen (secondary N) is 2. The number of nitrogens with zero attached hydrogens (tertiary/aromatic N) is 4. The monoisotopic (exact) mass is 312 g/mol. The summed E-state index contributed by atoms with van der Waals surface area (Å²) >= 11 is 0. The first-order valence-corrected chi connectivity index (χ1v) is 7.22. The van der Waals surface area contributed by atoms with Gasteiger partial charge in [0, 0.05) is 31.9 Å². The fraction of sp³-hybridized carbons (Fsp3) is 0.400. The van der Waals surface area contributed by atoms with Crippen molar-refractivity contribution in [3.63, 3.8) is 0 Å². The van der Waals surface area contributed by atoms with Gasteiger partial charge in [0.25, 0.3) is 5.91 Å². The summed E-state index contributed by atoms with van der Waals surface area (Å²) in [6.45, 7) is 0.439. The summed E-state index contributed by atoms with van der Waals surface area (Å²) in [6.07, 6.45) is 7.21. The molecule has 0 saturated carbocycles. The number of pyridine rings is 1. The van der Waals surface area contributed by atoms with Gasteiger partial charge in [-0.15, -0.1) is 12.3 Å². The van der Waals surface area contributed by atoms with Crippen molar-refractivity contribution in [1.29, 1.82) is 0 Å². The molecule has 1 aliphatic heterocycles. The maximum atomic E-state index is 12.3. The Labute approximate surface area is 132 Å². The molecule has 0 spiro atoms. The van der Waals surface area contributed by atoms with Crippen LogP contribution in [0.15, 0.2) is 22.4 Å². The van der Waals surface area contributed by atoms with Crippen LogP contribution in [0.2, 0.25) is 0 Å². The maximum absolute atomic E-state index is 12.3. The number of rotatable bonds is 7. The first-order chi connectivity index (χ1) is 11.2. The lowest BCUT2D eigenvalue weighted by molar-refractivity contribution is 0.0948. The van der Waals surface area contributed by atoms with Gasteiger partial charge in [0.2, 0.25) is 5.88 Å². The molecular weight excluding hydrogens is 296 g/mol. The normalized spacial score (nSPS) is 14.4. The lowest BCUT2D eigenvalue weighted by Crippen LogP contribution is -2.28. The molecule has 0 bridgehead atoms. The third kappa shape index (κ3) is 3.13. The average molecular weight is 312 g/mol. The second-order valence-electron chi connectivity index (χ2n) is 5.21. The third-order valence-electron chi connectivity index (χ3n) is 3.67. The predicted molar refractivity (Wildman–Crippen MR) is 83.0 cm³/mol. The van der Waals surface area contributed by atoms with E-state index >= 15 is 0 Å². The zero-order valence-electron chi connectivity index (χ0n) is 12.7. The Morgan fingerprint density at radius 1 is 1.43 bits per heavy atom. The molecule has 3 heterocycles. The third-order valence-corrected chi connectivity index (χ3v) is 3.67. The second-order valence-corrected chi connectivity index (χ2v) is 5.21. The van der Waals surface area contributed by atoms with E-state index in [2.05, 4.69) is 36.6 Å². The predicted octanol–water partition coefficient (Wildman–Crippen LogP) is 1.66. The lowest BCUT2D eigenvalue weighted by atomic mass is 10.0. The highest BCUT2D eigenvalue weighted by atomic mass is 16.5. The molecule has 0 radical (unpaired) electrons. The molecule has 3 rings (SSSR count). The number of methoxy groups -OCH3 is 1. The highest BCUT2D eigenvalue weighted by Gasteiger charge is 2.38. The molecule has 118 valence electrons. The van der Waals surface area contributed by atoms with Crippen molar-refractivity contribution in [2.75, 3.05) is 13.7 Å². The number of aromatic amines is 1. The molecule has 0 saturated heterocycles. The summed E-state index contributed by atoms with van der Waals surface area (Å²) in [5, 5.41) is 17.7. The van der Waals surface area contributed by atoms with Crippen molar-refractivity contribution in [3.05, 3.63) is 17.8 Å². The number of amides is 1. The molecule has 8 heteroatoms. The Kier molecular flexibility index (Phi) is 3.93. The van der Waals surface area contributed by atoms with Crippen LogP contribution in [-0.2, 0) is 0 Å². The molecule has 23 heavy (non-hydrogen) atoms. The number of H-pyrrole nitrogens is 1. The Morgan fingerprint density at radius 2 is 2.26 bits per heavy atom. The summed E-state index contributed by atoms with van der Waals surface area (Å²) in [5.41, 5.74) is 0.981. The van der Waals surface area contributed by atoms with Crippen molar-refractivity contribution in [1.82, 2.24) is 20.5 Å². The summed E-state index contributed by atoms with van der Waals surface area (Å²) in [7, 11) is 1.52. The van der Waals surface area contributed by atoms with Gasteiger partial charge in [-0.3, -0.25) is 9.89 Å². The van der Waals surface area contributed by atoms with Gasteiger partial charge < -0.3 is 10.1 Å². The number of terminal acetylenes is 1. The van der Waals surface area contributed by atoms with E-state index in [0.29, 0.717) is 42.7 Å². The number of hydrogen-bond donors (Lipinski definition) is 2. The summed E-state index contributed by atoms with van der Waals surface area (Å²) in [4.78, 5) is 16.5. The van der Waals surface area contributed by atoms with E-state index in [1.165, 1.54) is 7.11 Å². The van der Waals surface area contributed by atoms with Crippen LogP contribution in [0.5, 0.6) is 5.88 Å². The van der Waals surface area contributed by atoms with Crippen LogP contribution in [-0.4, -0.2) is 40.4 Å². The van der Waals surface area contributed by atoms with Gasteiger partial charge in [-0.25, -0.2) is 4.98 Å². The molecule has 2 N–H and O–H groups in total. The molecule has 8 nitrogen and oxygen atoms in total. The second kappa shape index (κ2) is 6.04. The van der Waals surface area contributed by atoms with Crippen molar-refractivity contribution in [2.24, 2.45) is 10.2 Å². The lowest BCUT2D eigenvalue weighted by Gasteiger charge is -2.09. The van der Waals surface area contributed by atoms with E-state index < -0.39 is 5.66 Å². The minimum absolute atomic E-state index is 0.237. The molecular formula is C15H16N6O2. The van der Waals surface area contributed by atoms with Gasteiger partial charge in [-0.1, -0.05) is 0 Å². The first-order valence-electron chi connectivity index (χ1n) is 7.22. The van der Waals surface area contributed by atoms with Gasteiger partial charge in [0.05, 0.1) is 12.6 Å². The fourth-order valence-corrected chi connectivity index (χ4v) is 2.28. The van der Waals surface area contributed by atoms with E-state index in [1.807, 2.05) is 0 Å². The van der Waals surface area contributed by atoms with Gasteiger partial charge in [-0.05, 0) is 6.07 Å². The minimum atomic E-state index is -0.408. The number of carbonyl (C=O) groups excluding carboxylic acids is 1. The van der Waals surface area contributed by atoms with Crippen LogP contribution >= 0.6 is 0 Å². The molecule has 1 amide bonds. The fourth-order valence-electron chi connectivity index (χ4n) is 2.28. The maximum Gasteiger partial charge on any atom is 0.274 e. The van der Waals surface area contributed by atoms with Gasteiger partial charge in [0.15, 0.2) is 11.4 Å². The SMILES string of the molecule is C#CCCC1(CCNC(=O)c2n[nH]c3ccc(OC)nc23)N=N1. The Balaban J connectivity index is 1.62. The number of ether oxygens (including phenoxy) is 1. The zero-order chi connectivity index (χ0) is 16.3. The Bertz CT molecular complexity index is 798. The number of aromatic nitrogens is 3.